The van der Waals surface area contributed by atoms with E-state index in [9.17, 15) is 9.59 Å². The minimum atomic E-state index is -0.864. The van der Waals surface area contributed by atoms with Gasteiger partial charge in [-0.3, -0.25) is 9.59 Å². The first-order valence-electron chi connectivity index (χ1n) is 5.83. The Hall–Kier alpha value is -1.41. The Bertz CT molecular complexity index is 690. The number of hydrogen-bond donors (Lipinski definition) is 1. The SMILES string of the molecule is O=C(O)CSCc1cc(=O)n2nc(C3CC3)sc2n1. The molecule has 0 aliphatic heterocycles. The molecule has 0 radical (unpaired) electrons. The van der Waals surface area contributed by atoms with E-state index >= 15 is 0 Å². The second kappa shape index (κ2) is 4.93. The zero-order chi connectivity index (χ0) is 13.4. The fourth-order valence-electron chi connectivity index (χ4n) is 1.68. The molecule has 2 aromatic heterocycles. The van der Waals surface area contributed by atoms with E-state index in [4.69, 9.17) is 5.11 Å². The van der Waals surface area contributed by atoms with E-state index in [2.05, 4.69) is 10.1 Å². The molecule has 8 heteroatoms. The van der Waals surface area contributed by atoms with E-state index in [0.29, 0.717) is 22.3 Å². The van der Waals surface area contributed by atoms with E-state index in [-0.39, 0.29) is 11.3 Å². The van der Waals surface area contributed by atoms with E-state index in [1.807, 2.05) is 0 Å². The van der Waals surface area contributed by atoms with Crippen molar-refractivity contribution in [2.24, 2.45) is 0 Å². The van der Waals surface area contributed by atoms with Crippen molar-refractivity contribution in [2.75, 3.05) is 5.75 Å². The number of fused-ring (bicyclic) bond motifs is 1. The van der Waals surface area contributed by atoms with Crippen LogP contribution in [0.2, 0.25) is 0 Å². The molecule has 0 aromatic carbocycles. The van der Waals surface area contributed by atoms with Crippen LogP contribution < -0.4 is 5.56 Å². The summed E-state index contributed by atoms with van der Waals surface area (Å²) in [5.41, 5.74) is 0.418. The summed E-state index contributed by atoms with van der Waals surface area (Å²) in [6.45, 7) is 0. The first-order valence-corrected chi connectivity index (χ1v) is 7.80. The third-order valence-electron chi connectivity index (χ3n) is 2.72. The van der Waals surface area contributed by atoms with Crippen molar-refractivity contribution in [1.29, 1.82) is 0 Å². The molecule has 19 heavy (non-hydrogen) atoms. The average molecular weight is 297 g/mol. The van der Waals surface area contributed by atoms with Gasteiger partial charge in [-0.1, -0.05) is 11.3 Å². The molecule has 1 saturated carbocycles. The van der Waals surface area contributed by atoms with Crippen molar-refractivity contribution in [1.82, 2.24) is 14.6 Å². The van der Waals surface area contributed by atoms with Crippen LogP contribution in [0.15, 0.2) is 10.9 Å². The van der Waals surface area contributed by atoms with Crippen LogP contribution in [0.3, 0.4) is 0 Å². The Morgan fingerprint density at radius 1 is 1.58 bits per heavy atom. The van der Waals surface area contributed by atoms with E-state index in [1.54, 1.807) is 0 Å². The Kier molecular flexibility index (Phi) is 3.28. The average Bonchev–Trinajstić information content (AvgIpc) is 3.09. The van der Waals surface area contributed by atoms with E-state index < -0.39 is 5.97 Å². The second-order valence-corrected chi connectivity index (χ2v) is 6.35. The van der Waals surface area contributed by atoms with Gasteiger partial charge in [0, 0.05) is 17.7 Å². The normalized spacial score (nSPS) is 14.9. The molecule has 0 unspecified atom stereocenters. The zero-order valence-electron chi connectivity index (χ0n) is 9.90. The van der Waals surface area contributed by atoms with Crippen molar-refractivity contribution < 1.29 is 9.90 Å². The van der Waals surface area contributed by atoms with Gasteiger partial charge in [-0.15, -0.1) is 11.8 Å². The van der Waals surface area contributed by atoms with Crippen molar-refractivity contribution >= 4 is 34.0 Å². The number of carbonyl (C=O) groups is 1. The molecule has 100 valence electrons. The molecule has 2 heterocycles. The van der Waals surface area contributed by atoms with Crippen molar-refractivity contribution in [3.05, 3.63) is 27.1 Å². The van der Waals surface area contributed by atoms with Gasteiger partial charge in [-0.05, 0) is 12.8 Å². The monoisotopic (exact) mass is 297 g/mol. The van der Waals surface area contributed by atoms with Gasteiger partial charge in [0.25, 0.3) is 5.56 Å². The predicted octanol–water partition coefficient (Wildman–Crippen LogP) is 1.35. The highest BCUT2D eigenvalue weighted by atomic mass is 32.2. The van der Waals surface area contributed by atoms with Gasteiger partial charge in [0.05, 0.1) is 11.4 Å². The summed E-state index contributed by atoms with van der Waals surface area (Å²) >= 11 is 2.68. The number of carboxylic acids is 1. The fourth-order valence-corrected chi connectivity index (χ4v) is 3.41. The highest BCUT2D eigenvalue weighted by Crippen LogP contribution is 2.41. The van der Waals surface area contributed by atoms with Crippen LogP contribution in [0.1, 0.15) is 29.5 Å². The molecule has 1 fully saturated rings. The number of carboxylic acid groups (broad SMARTS) is 1. The molecular weight excluding hydrogens is 286 g/mol. The third-order valence-corrected chi connectivity index (χ3v) is 4.74. The summed E-state index contributed by atoms with van der Waals surface area (Å²) in [5, 5.41) is 13.8. The van der Waals surface area contributed by atoms with Crippen LogP contribution in [0.5, 0.6) is 0 Å². The minimum Gasteiger partial charge on any atom is -0.481 e. The number of nitrogens with zero attached hydrogens (tertiary/aromatic N) is 3. The van der Waals surface area contributed by atoms with Crippen LogP contribution in [-0.2, 0) is 10.5 Å². The van der Waals surface area contributed by atoms with Crippen LogP contribution in [-0.4, -0.2) is 31.4 Å². The van der Waals surface area contributed by atoms with Crippen LogP contribution >= 0.6 is 23.1 Å². The first-order chi connectivity index (χ1) is 9.13. The van der Waals surface area contributed by atoms with Gasteiger partial charge in [0.2, 0.25) is 4.96 Å². The summed E-state index contributed by atoms with van der Waals surface area (Å²) in [5.74, 6) is 0.0683. The highest BCUT2D eigenvalue weighted by molar-refractivity contribution is 7.99. The number of thioether (sulfide) groups is 1. The number of aliphatic carboxylic acids is 1. The highest BCUT2D eigenvalue weighted by Gasteiger charge is 2.28. The van der Waals surface area contributed by atoms with Gasteiger partial charge in [0.1, 0.15) is 5.01 Å². The molecule has 0 saturated heterocycles. The first kappa shape index (κ1) is 12.6. The maximum atomic E-state index is 11.9. The van der Waals surface area contributed by atoms with Gasteiger partial charge < -0.3 is 5.11 Å². The molecule has 6 nitrogen and oxygen atoms in total. The summed E-state index contributed by atoms with van der Waals surface area (Å²) in [4.78, 5) is 27.3. The molecule has 0 bridgehead atoms. The van der Waals surface area contributed by atoms with E-state index in [0.717, 1.165) is 17.8 Å². The summed E-state index contributed by atoms with van der Waals surface area (Å²) in [6.07, 6.45) is 2.27. The zero-order valence-corrected chi connectivity index (χ0v) is 11.5. The largest absolute Gasteiger partial charge is 0.481 e. The Morgan fingerprint density at radius 2 is 2.37 bits per heavy atom. The molecule has 3 rings (SSSR count). The topological polar surface area (TPSA) is 84.6 Å². The maximum absolute atomic E-state index is 11.9. The number of hydrogen-bond acceptors (Lipinski definition) is 6. The van der Waals surface area contributed by atoms with Gasteiger partial charge >= 0.3 is 5.97 Å². The minimum absolute atomic E-state index is 0.0110. The number of rotatable bonds is 5. The van der Waals surface area contributed by atoms with Crippen molar-refractivity contribution in [2.45, 2.75) is 24.5 Å². The predicted molar refractivity (Wildman–Crippen MR) is 72.9 cm³/mol. The van der Waals surface area contributed by atoms with Gasteiger partial charge in [-0.2, -0.15) is 9.61 Å². The lowest BCUT2D eigenvalue weighted by atomic mass is 10.4. The lowest BCUT2D eigenvalue weighted by Gasteiger charge is -1.98. The lowest BCUT2D eigenvalue weighted by Crippen LogP contribution is -2.15. The van der Waals surface area contributed by atoms with E-state index in [1.165, 1.54) is 33.7 Å². The molecule has 2 aromatic rings. The Labute approximate surface area is 116 Å². The van der Waals surface area contributed by atoms with Gasteiger partial charge in [0.15, 0.2) is 0 Å². The quantitative estimate of drug-likeness (QED) is 0.896. The molecule has 1 aliphatic rings. The standard InChI is InChI=1S/C11H11N3O3S2/c15-8-3-7(4-18-5-9(16)17)12-11-14(8)13-10(19-11)6-1-2-6/h3,6H,1-2,4-5H2,(H,16,17). The molecular formula is C11H11N3O3S2. The second-order valence-electron chi connectivity index (χ2n) is 4.38. The molecule has 0 amide bonds. The smallest absolute Gasteiger partial charge is 0.313 e. The van der Waals surface area contributed by atoms with Crippen molar-refractivity contribution in [3.63, 3.8) is 0 Å². The van der Waals surface area contributed by atoms with Gasteiger partial charge in [-0.25, -0.2) is 4.98 Å². The summed E-state index contributed by atoms with van der Waals surface area (Å²) in [6, 6.07) is 1.43. The fraction of sp³-hybridized carbons (Fsp3) is 0.455. The maximum Gasteiger partial charge on any atom is 0.313 e. The number of aromatic nitrogens is 3. The summed E-state index contributed by atoms with van der Waals surface area (Å²) < 4.78 is 1.34. The molecule has 1 aliphatic carbocycles. The van der Waals surface area contributed by atoms with Crippen molar-refractivity contribution in [3.8, 4) is 0 Å². The molecule has 1 N–H and O–H groups in total. The Morgan fingerprint density at radius 3 is 3.05 bits per heavy atom. The third kappa shape index (κ3) is 2.79. The van der Waals surface area contributed by atoms with Crippen LogP contribution in [0.4, 0.5) is 0 Å². The summed E-state index contributed by atoms with van der Waals surface area (Å²) in [7, 11) is 0. The molecule has 0 atom stereocenters. The molecule has 0 spiro atoms. The lowest BCUT2D eigenvalue weighted by molar-refractivity contribution is -0.133. The van der Waals surface area contributed by atoms with Crippen LogP contribution in [0.25, 0.3) is 4.96 Å². The van der Waals surface area contributed by atoms with Crippen LogP contribution in [0, 0.1) is 0 Å². The Balaban J connectivity index is 1.85.